The summed E-state index contributed by atoms with van der Waals surface area (Å²) in [5, 5.41) is 0. The van der Waals surface area contributed by atoms with E-state index in [4.69, 9.17) is 18.5 Å². The number of quaternary nitrogens is 1. The number of hydrogen-bond donors (Lipinski definition) is 1. The molecule has 0 saturated carbocycles. The van der Waals surface area contributed by atoms with E-state index >= 15 is 0 Å². The highest BCUT2D eigenvalue weighted by molar-refractivity contribution is 7.47. The predicted molar refractivity (Wildman–Crippen MR) is 233 cm³/mol. The second-order valence-corrected chi connectivity index (χ2v) is 18.2. The van der Waals surface area contributed by atoms with Crippen molar-refractivity contribution < 1.29 is 32.5 Å². The summed E-state index contributed by atoms with van der Waals surface area (Å²) in [6.45, 7) is 8.74. The average Bonchev–Trinajstić information content (AvgIpc) is 3.13. The van der Waals surface area contributed by atoms with E-state index in [1.54, 1.807) is 0 Å². The fourth-order valence-electron chi connectivity index (χ4n) is 6.65. The topological polar surface area (TPSA) is 74.2 Å². The molecule has 0 rings (SSSR count). The van der Waals surface area contributed by atoms with Crippen LogP contribution >= 0.6 is 7.82 Å². The lowest BCUT2D eigenvalue weighted by Gasteiger charge is -2.29. The van der Waals surface area contributed by atoms with Crippen molar-refractivity contribution in [2.45, 2.75) is 219 Å². The van der Waals surface area contributed by atoms with E-state index in [1.165, 1.54) is 154 Å². The maximum Gasteiger partial charge on any atom is 0.472 e. The van der Waals surface area contributed by atoms with Gasteiger partial charge >= 0.3 is 7.82 Å². The van der Waals surface area contributed by atoms with Crippen molar-refractivity contribution >= 4 is 7.82 Å². The van der Waals surface area contributed by atoms with Gasteiger partial charge in [0, 0.05) is 13.2 Å². The van der Waals surface area contributed by atoms with Crippen molar-refractivity contribution in [1.29, 1.82) is 0 Å². The SMILES string of the molecule is CCCCCCCC/C=C\CCCCCCCCOC[C@H](COP(=O)(O)OC(CC)C[N+](C)(C)C)OCCCCCCCC/C=C\CCCCCCCC. The molecule has 2 unspecified atom stereocenters. The van der Waals surface area contributed by atoms with Crippen LogP contribution in [0.15, 0.2) is 24.3 Å². The molecule has 7 nitrogen and oxygen atoms in total. The molecule has 322 valence electrons. The number of phosphoric ester groups is 1. The first-order valence-electron chi connectivity index (χ1n) is 23.1. The van der Waals surface area contributed by atoms with Crippen LogP contribution in [0.25, 0.3) is 0 Å². The Morgan fingerprint density at radius 3 is 1.31 bits per heavy atom. The van der Waals surface area contributed by atoms with Crippen LogP contribution in [0, 0.1) is 0 Å². The van der Waals surface area contributed by atoms with E-state index in [0.717, 1.165) is 25.7 Å². The van der Waals surface area contributed by atoms with Crippen LogP contribution in [-0.2, 0) is 23.1 Å². The van der Waals surface area contributed by atoms with Crippen LogP contribution in [0.1, 0.15) is 207 Å². The van der Waals surface area contributed by atoms with Gasteiger partial charge in [-0.3, -0.25) is 9.05 Å². The van der Waals surface area contributed by atoms with Crippen LogP contribution in [0.5, 0.6) is 0 Å². The van der Waals surface area contributed by atoms with Gasteiger partial charge < -0.3 is 18.9 Å². The van der Waals surface area contributed by atoms with Gasteiger partial charge in [0.1, 0.15) is 18.8 Å². The molecule has 0 spiro atoms. The predicted octanol–water partition coefficient (Wildman–Crippen LogP) is 14.1. The van der Waals surface area contributed by atoms with Gasteiger partial charge in [0.25, 0.3) is 0 Å². The molecule has 0 saturated heterocycles. The van der Waals surface area contributed by atoms with Gasteiger partial charge in [-0.2, -0.15) is 0 Å². The summed E-state index contributed by atoms with van der Waals surface area (Å²) >= 11 is 0. The summed E-state index contributed by atoms with van der Waals surface area (Å²) in [7, 11) is 1.92. The Bertz CT molecular complexity index is 876. The fraction of sp³-hybridized carbons (Fsp3) is 0.913. The Balaban J connectivity index is 4.28. The molecule has 0 amide bonds. The van der Waals surface area contributed by atoms with E-state index in [1.807, 2.05) is 28.1 Å². The van der Waals surface area contributed by atoms with Crippen molar-refractivity contribution in [1.82, 2.24) is 0 Å². The molecule has 0 heterocycles. The largest absolute Gasteiger partial charge is 0.472 e. The van der Waals surface area contributed by atoms with E-state index < -0.39 is 13.9 Å². The number of hydrogen-bond acceptors (Lipinski definition) is 5. The number of allylic oxidation sites excluding steroid dienone is 4. The van der Waals surface area contributed by atoms with Crippen molar-refractivity contribution in [3.05, 3.63) is 24.3 Å². The highest BCUT2D eigenvalue weighted by Gasteiger charge is 2.30. The van der Waals surface area contributed by atoms with Crippen molar-refractivity contribution in [3.8, 4) is 0 Å². The Hall–Kier alpha value is -0.530. The molecular weight excluding hydrogens is 693 g/mol. The molecule has 0 aromatic heterocycles. The first kappa shape index (κ1) is 53.5. The first-order chi connectivity index (χ1) is 26.1. The monoisotopic (exact) mass is 787 g/mol. The van der Waals surface area contributed by atoms with Gasteiger partial charge in [-0.25, -0.2) is 4.57 Å². The Kier molecular flexibility index (Phi) is 38.9. The standard InChI is InChI=1S/C46H92NO6P/c1-7-10-12-14-16-18-20-22-24-26-28-30-32-34-36-38-40-50-43-46(44-52-54(48,49)53-45(9-3)42-47(4,5)6)51-41-39-37-35-33-31-29-27-25-23-21-19-17-15-13-11-8-2/h22-25,45-46H,7-21,26-44H2,1-6H3/p+1/b24-22-,25-23-/t45?,46-/m1/s1. The van der Waals surface area contributed by atoms with E-state index in [2.05, 4.69) is 38.2 Å². The van der Waals surface area contributed by atoms with Gasteiger partial charge in [-0.1, -0.05) is 161 Å². The lowest BCUT2D eigenvalue weighted by molar-refractivity contribution is -0.873. The van der Waals surface area contributed by atoms with E-state index in [0.29, 0.717) is 37.3 Å². The number of phosphoric acid groups is 1. The minimum absolute atomic E-state index is 0.0195. The molecule has 3 atom stereocenters. The van der Waals surface area contributed by atoms with Crippen LogP contribution in [0.2, 0.25) is 0 Å². The zero-order chi connectivity index (χ0) is 39.9. The molecule has 0 aromatic carbocycles. The van der Waals surface area contributed by atoms with Gasteiger partial charge in [-0.15, -0.1) is 0 Å². The zero-order valence-electron chi connectivity index (χ0n) is 36.9. The highest BCUT2D eigenvalue weighted by Crippen LogP contribution is 2.45. The van der Waals surface area contributed by atoms with Crippen molar-refractivity contribution in [2.75, 3.05) is 54.1 Å². The molecule has 0 fully saturated rings. The minimum atomic E-state index is -4.22. The second kappa shape index (κ2) is 39.3. The third-order valence-corrected chi connectivity index (χ3v) is 11.1. The average molecular weight is 787 g/mol. The number of rotatable bonds is 43. The molecule has 8 heteroatoms. The highest BCUT2D eigenvalue weighted by atomic mass is 31.2. The molecule has 1 N–H and O–H groups in total. The third-order valence-electron chi connectivity index (χ3n) is 10.0. The molecule has 0 radical (unpaired) electrons. The lowest BCUT2D eigenvalue weighted by Crippen LogP contribution is -2.42. The second-order valence-electron chi connectivity index (χ2n) is 16.8. The summed E-state index contributed by atoms with van der Waals surface area (Å²) in [5.74, 6) is 0. The summed E-state index contributed by atoms with van der Waals surface area (Å²) in [5.41, 5.74) is 0. The quantitative estimate of drug-likeness (QED) is 0.0287. The third kappa shape index (κ3) is 41.1. The molecule has 0 aliphatic carbocycles. The van der Waals surface area contributed by atoms with Crippen LogP contribution in [0.4, 0.5) is 0 Å². The van der Waals surface area contributed by atoms with E-state index in [-0.39, 0.29) is 12.7 Å². The van der Waals surface area contributed by atoms with Gasteiger partial charge in [0.05, 0.1) is 34.4 Å². The summed E-state index contributed by atoms with van der Waals surface area (Å²) in [6.07, 6.45) is 45.1. The molecule has 0 aliphatic rings. The van der Waals surface area contributed by atoms with Crippen LogP contribution in [-0.4, -0.2) is 75.7 Å². The Labute approximate surface area is 337 Å². The zero-order valence-corrected chi connectivity index (χ0v) is 37.8. The van der Waals surface area contributed by atoms with Gasteiger partial charge in [0.15, 0.2) is 0 Å². The summed E-state index contributed by atoms with van der Waals surface area (Å²) in [6, 6.07) is 0. The first-order valence-corrected chi connectivity index (χ1v) is 24.6. The smallest absolute Gasteiger partial charge is 0.379 e. The number of unbranched alkanes of at least 4 members (excludes halogenated alkanes) is 24. The fourth-order valence-corrected chi connectivity index (χ4v) is 7.66. The molecule has 0 aromatic rings. The lowest BCUT2D eigenvalue weighted by atomic mass is 10.1. The van der Waals surface area contributed by atoms with Gasteiger partial charge in [0.2, 0.25) is 0 Å². The number of ether oxygens (including phenoxy) is 2. The molecule has 0 aliphatic heterocycles. The molecule has 54 heavy (non-hydrogen) atoms. The summed E-state index contributed by atoms with van der Waals surface area (Å²) in [4.78, 5) is 10.5. The maximum atomic E-state index is 12.8. The minimum Gasteiger partial charge on any atom is -0.379 e. The van der Waals surface area contributed by atoms with E-state index in [9.17, 15) is 9.46 Å². The van der Waals surface area contributed by atoms with Crippen molar-refractivity contribution in [3.63, 3.8) is 0 Å². The van der Waals surface area contributed by atoms with Gasteiger partial charge in [-0.05, 0) is 70.6 Å². The molecule has 0 bridgehead atoms. The van der Waals surface area contributed by atoms with Crippen molar-refractivity contribution in [2.24, 2.45) is 0 Å². The summed E-state index contributed by atoms with van der Waals surface area (Å²) < 4.78 is 36.7. The Morgan fingerprint density at radius 2 is 0.907 bits per heavy atom. The normalized spacial score (nSPS) is 14.7. The van der Waals surface area contributed by atoms with Crippen LogP contribution < -0.4 is 0 Å². The maximum absolute atomic E-state index is 12.8. The number of nitrogens with zero attached hydrogens (tertiary/aromatic N) is 1. The number of likely N-dealkylation sites (N-methyl/N-ethyl adjacent to an activating group) is 1. The Morgan fingerprint density at radius 1 is 0.519 bits per heavy atom. The van der Waals surface area contributed by atoms with Crippen LogP contribution in [0.3, 0.4) is 0 Å². The molecular formula is C46H93NO6P+.